The molecule has 1 aromatic carbocycles. The summed E-state index contributed by atoms with van der Waals surface area (Å²) in [5.74, 6) is 0.889. The van der Waals surface area contributed by atoms with Gasteiger partial charge in [0, 0.05) is 17.0 Å². The maximum atomic E-state index is 12.3. The van der Waals surface area contributed by atoms with Crippen LogP contribution in [0.2, 0.25) is 0 Å². The van der Waals surface area contributed by atoms with Crippen LogP contribution in [0.15, 0.2) is 24.3 Å². The lowest BCUT2D eigenvalue weighted by molar-refractivity contribution is -0.127. The van der Waals surface area contributed by atoms with Gasteiger partial charge in [-0.2, -0.15) is 11.8 Å². The smallest absolute Gasteiger partial charge is 0.263 e. The first-order valence-corrected chi connectivity index (χ1v) is 10.6. The van der Waals surface area contributed by atoms with Gasteiger partial charge in [-0.25, -0.2) is 8.42 Å². The van der Waals surface area contributed by atoms with Gasteiger partial charge in [0.25, 0.3) is 5.91 Å². The topological polar surface area (TPSA) is 75.7 Å². The Labute approximate surface area is 148 Å². The van der Waals surface area contributed by atoms with Gasteiger partial charge >= 0.3 is 0 Å². The molecule has 1 N–H and O–H groups in total. The van der Waals surface area contributed by atoms with Gasteiger partial charge < -0.3 is 10.1 Å². The molecule has 0 aromatic heterocycles. The van der Waals surface area contributed by atoms with Gasteiger partial charge in [-0.05, 0) is 12.1 Å². The standard InChI is InChI=1S/C16H24N2O4S2/c1-16(2,3)23-10-9-17-15(19)14-11-18(24(4,20)21)12-7-5-6-8-13(12)22-14/h5-8,14H,9-11H2,1-4H3,(H,17,19). The average molecular weight is 373 g/mol. The molecule has 1 atom stereocenters. The molecule has 1 aromatic rings. The van der Waals surface area contributed by atoms with E-state index in [1.165, 1.54) is 4.31 Å². The van der Waals surface area contributed by atoms with E-state index in [4.69, 9.17) is 4.74 Å². The second-order valence-corrected chi connectivity index (χ2v) is 10.4. The van der Waals surface area contributed by atoms with Crippen molar-refractivity contribution in [3.63, 3.8) is 0 Å². The van der Waals surface area contributed by atoms with Gasteiger partial charge in [0.05, 0.1) is 18.5 Å². The third-order valence-electron chi connectivity index (χ3n) is 3.36. The molecule has 0 aliphatic carbocycles. The minimum absolute atomic E-state index is 0.0197. The molecule has 0 saturated heterocycles. The fourth-order valence-corrected chi connectivity index (χ4v) is 4.03. The van der Waals surface area contributed by atoms with Gasteiger partial charge in [-0.15, -0.1) is 0 Å². The molecule has 1 aliphatic rings. The SMILES string of the molecule is CC(C)(C)SCCNC(=O)C1CN(S(C)(=O)=O)c2ccccc2O1. The number of hydrogen-bond acceptors (Lipinski definition) is 5. The summed E-state index contributed by atoms with van der Waals surface area (Å²) in [5.41, 5.74) is 0.465. The highest BCUT2D eigenvalue weighted by Gasteiger charge is 2.34. The highest BCUT2D eigenvalue weighted by Crippen LogP contribution is 2.34. The van der Waals surface area contributed by atoms with Crippen LogP contribution in [0.25, 0.3) is 0 Å². The zero-order chi connectivity index (χ0) is 18.0. The molecule has 1 heterocycles. The number of thioether (sulfide) groups is 1. The van der Waals surface area contributed by atoms with E-state index in [2.05, 4.69) is 26.1 Å². The molecule has 2 rings (SSSR count). The fourth-order valence-electron chi connectivity index (χ4n) is 2.30. The number of para-hydroxylation sites is 2. The molecule has 8 heteroatoms. The molecule has 0 bridgehead atoms. The number of carbonyl (C=O) groups excluding carboxylic acids is 1. The Morgan fingerprint density at radius 2 is 2.04 bits per heavy atom. The zero-order valence-corrected chi connectivity index (χ0v) is 16.0. The highest BCUT2D eigenvalue weighted by atomic mass is 32.2. The molecule has 0 fully saturated rings. The molecule has 6 nitrogen and oxygen atoms in total. The van der Waals surface area contributed by atoms with Crippen molar-refractivity contribution in [1.29, 1.82) is 0 Å². The number of rotatable bonds is 5. The predicted octanol–water partition coefficient (Wildman–Crippen LogP) is 1.86. The number of hydrogen-bond donors (Lipinski definition) is 1. The lowest BCUT2D eigenvalue weighted by Crippen LogP contribution is -2.50. The van der Waals surface area contributed by atoms with Crippen LogP contribution in [0.4, 0.5) is 5.69 Å². The van der Waals surface area contributed by atoms with Gasteiger partial charge in [-0.1, -0.05) is 32.9 Å². The van der Waals surface area contributed by atoms with Gasteiger partial charge in [0.1, 0.15) is 5.75 Å². The van der Waals surface area contributed by atoms with E-state index in [0.717, 1.165) is 12.0 Å². The van der Waals surface area contributed by atoms with E-state index in [1.54, 1.807) is 36.0 Å². The Hall–Kier alpha value is -1.41. The minimum Gasteiger partial charge on any atom is -0.476 e. The molecule has 0 spiro atoms. The molecular formula is C16H24N2O4S2. The molecular weight excluding hydrogens is 348 g/mol. The Kier molecular flexibility index (Phi) is 5.70. The summed E-state index contributed by atoms with van der Waals surface area (Å²) < 4.78 is 31.1. The van der Waals surface area contributed by atoms with E-state index in [1.807, 2.05) is 0 Å². The van der Waals surface area contributed by atoms with Gasteiger partial charge in [0.2, 0.25) is 10.0 Å². The molecule has 1 aliphatic heterocycles. The number of nitrogens with one attached hydrogen (secondary N) is 1. The molecule has 24 heavy (non-hydrogen) atoms. The predicted molar refractivity (Wildman–Crippen MR) is 98.3 cm³/mol. The van der Waals surface area contributed by atoms with E-state index in [0.29, 0.717) is 18.0 Å². The first kappa shape index (κ1) is 18.9. The maximum Gasteiger partial charge on any atom is 0.263 e. The summed E-state index contributed by atoms with van der Waals surface area (Å²) in [4.78, 5) is 12.3. The van der Waals surface area contributed by atoms with Gasteiger partial charge in [-0.3, -0.25) is 9.10 Å². The van der Waals surface area contributed by atoms with Crippen molar-refractivity contribution in [2.75, 3.05) is 29.4 Å². The van der Waals surface area contributed by atoms with Crippen molar-refractivity contribution in [3.05, 3.63) is 24.3 Å². The molecule has 1 amide bonds. The number of amides is 1. The van der Waals surface area contributed by atoms with E-state index >= 15 is 0 Å². The fraction of sp³-hybridized carbons (Fsp3) is 0.562. The number of fused-ring (bicyclic) bond motifs is 1. The second-order valence-electron chi connectivity index (χ2n) is 6.62. The minimum atomic E-state index is -3.48. The number of ether oxygens (including phenoxy) is 1. The quantitative estimate of drug-likeness (QED) is 0.799. The van der Waals surface area contributed by atoms with Crippen LogP contribution in [0.5, 0.6) is 5.75 Å². The van der Waals surface area contributed by atoms with Crippen molar-refractivity contribution in [1.82, 2.24) is 5.32 Å². The van der Waals surface area contributed by atoms with E-state index in [-0.39, 0.29) is 17.2 Å². The van der Waals surface area contributed by atoms with Crippen LogP contribution in [-0.2, 0) is 14.8 Å². The summed E-state index contributed by atoms with van der Waals surface area (Å²) in [7, 11) is -3.48. The van der Waals surface area contributed by atoms with Crippen molar-refractivity contribution in [2.24, 2.45) is 0 Å². The number of benzene rings is 1. The number of sulfonamides is 1. The van der Waals surface area contributed by atoms with Crippen LogP contribution < -0.4 is 14.4 Å². The van der Waals surface area contributed by atoms with Crippen molar-refractivity contribution >= 4 is 33.4 Å². The largest absolute Gasteiger partial charge is 0.476 e. The van der Waals surface area contributed by atoms with Crippen molar-refractivity contribution in [3.8, 4) is 5.75 Å². The average Bonchev–Trinajstić information content (AvgIpc) is 2.48. The zero-order valence-electron chi connectivity index (χ0n) is 14.4. The van der Waals surface area contributed by atoms with Crippen LogP contribution in [0, 0.1) is 0 Å². The molecule has 134 valence electrons. The normalized spacial score (nSPS) is 17.8. The molecule has 1 unspecified atom stereocenters. The summed E-state index contributed by atoms with van der Waals surface area (Å²) in [6.07, 6.45) is 0.276. The third-order valence-corrected chi connectivity index (χ3v) is 5.78. The van der Waals surface area contributed by atoms with Gasteiger partial charge in [0.15, 0.2) is 6.10 Å². The van der Waals surface area contributed by atoms with Crippen molar-refractivity contribution < 1.29 is 17.9 Å². The highest BCUT2D eigenvalue weighted by molar-refractivity contribution is 8.00. The Morgan fingerprint density at radius 3 is 2.67 bits per heavy atom. The van der Waals surface area contributed by atoms with E-state index < -0.39 is 16.1 Å². The summed E-state index contributed by atoms with van der Waals surface area (Å²) in [5, 5.41) is 2.82. The summed E-state index contributed by atoms with van der Waals surface area (Å²) >= 11 is 1.75. The first-order valence-electron chi connectivity index (χ1n) is 7.73. The Morgan fingerprint density at radius 1 is 1.38 bits per heavy atom. The number of carbonyl (C=O) groups is 1. The molecule has 0 radical (unpaired) electrons. The lowest BCUT2D eigenvalue weighted by Gasteiger charge is -2.33. The second kappa shape index (κ2) is 7.23. The van der Waals surface area contributed by atoms with Crippen LogP contribution >= 0.6 is 11.8 Å². The Balaban J connectivity index is 2.03. The Bertz CT molecular complexity index is 698. The number of anilines is 1. The van der Waals surface area contributed by atoms with E-state index in [9.17, 15) is 13.2 Å². The number of nitrogens with zero attached hydrogens (tertiary/aromatic N) is 1. The van der Waals surface area contributed by atoms with Crippen molar-refractivity contribution in [2.45, 2.75) is 31.6 Å². The maximum absolute atomic E-state index is 12.3. The monoisotopic (exact) mass is 372 g/mol. The lowest BCUT2D eigenvalue weighted by atomic mass is 10.2. The van der Waals surface area contributed by atoms with Crippen LogP contribution in [0.3, 0.4) is 0 Å². The summed E-state index contributed by atoms with van der Waals surface area (Å²) in [6, 6.07) is 6.83. The van der Waals surface area contributed by atoms with Crippen LogP contribution in [-0.4, -0.2) is 50.3 Å². The molecule has 0 saturated carbocycles. The third kappa shape index (κ3) is 5.04. The summed E-state index contributed by atoms with van der Waals surface area (Å²) in [6.45, 7) is 6.84. The first-order chi connectivity index (χ1) is 11.1. The van der Waals surface area contributed by atoms with Crippen LogP contribution in [0.1, 0.15) is 20.8 Å².